The summed E-state index contributed by atoms with van der Waals surface area (Å²) in [6, 6.07) is 78.8. The van der Waals surface area contributed by atoms with Crippen LogP contribution in [0.5, 0.6) is 0 Å². The van der Waals surface area contributed by atoms with Crippen LogP contribution in [-0.4, -0.2) is 11.6 Å². The Hall–Kier alpha value is -12.0. The van der Waals surface area contributed by atoms with Crippen LogP contribution in [0.4, 0.5) is 0 Å². The second-order valence-electron chi connectivity index (χ2n) is 20.7. The molecule has 408 valence electrons. The van der Waals surface area contributed by atoms with Gasteiger partial charge in [0.15, 0.2) is 11.6 Å². The van der Waals surface area contributed by atoms with Crippen LogP contribution in [0, 0.1) is 48.4 Å². The van der Waals surface area contributed by atoms with Gasteiger partial charge >= 0.3 is 0 Å². The molecular formula is C85H56O2. The first-order valence-corrected chi connectivity index (χ1v) is 28.5. The second-order valence-corrected chi connectivity index (χ2v) is 20.7. The van der Waals surface area contributed by atoms with Gasteiger partial charge in [0.2, 0.25) is 0 Å². The molecule has 0 atom stereocenters. The molecule has 2 aliphatic rings. The van der Waals surface area contributed by atoms with Crippen LogP contribution in [0.3, 0.4) is 0 Å². The molecule has 87 heavy (non-hydrogen) atoms. The molecule has 9 aromatic rings. The summed E-state index contributed by atoms with van der Waals surface area (Å²) in [6.45, 7) is 14.1. The minimum atomic E-state index is -0.120. The maximum Gasteiger partial charge on any atom is 0.195 e. The molecule has 2 aliphatic carbocycles. The van der Waals surface area contributed by atoms with Crippen LogP contribution in [0.15, 0.2) is 315 Å². The SMILES string of the molecule is C#CC(/C=C\C(=C)C1=C(c2ccc(C#Cc3ccccc3)cc2)C(c2ccc(-c3cccc(-c4ccc(C5=C(c6ccccc6)C(=O)C(c6ccc(C#C)cc6)=C5c5ccc(C#C/C(C=C)=C/C=C)cc5)cc4)c3)cc2)=C(c2ccccc2)C1=O)=C/C. The first-order chi connectivity index (χ1) is 42.7. The van der Waals surface area contributed by atoms with E-state index in [1.807, 2.05) is 195 Å². The summed E-state index contributed by atoms with van der Waals surface area (Å²) >= 11 is 0. The first kappa shape index (κ1) is 56.8. The average molecular weight is 1110 g/mol. The standard InChI is InChI=1S/C85H56O2/c1-7-22-60(10-4)33-34-63-41-47-70(48-42-63)79-80(82(68-27-19-14-20-28-68)85(87)83(79)73-43-37-61(11-5)38-44-73)72-55-51-66(52-56-72)75-30-21-29-74(57-75)65-49-53-71(54-50-65)78-77(69-45-39-64(40-46-69)36-35-62-23-15-12-16-24-62)76(58(6)31-32-59(8-2)9-3)84(86)81(78)67-25-17-13-18-26-67/h2,5,7,9-10,12-32,37-57H,1,4,6H2,3H3/b32-31-,59-9-,60-22+. The quantitative estimate of drug-likeness (QED) is 0.0803. The third-order valence-corrected chi connectivity index (χ3v) is 15.4. The number of allylic oxidation sites excluding steroid dienone is 17. The van der Waals surface area contributed by atoms with E-state index in [0.717, 1.165) is 111 Å². The molecule has 0 amide bonds. The lowest BCUT2D eigenvalue weighted by Gasteiger charge is -2.15. The molecule has 9 aromatic carbocycles. The van der Waals surface area contributed by atoms with Crippen molar-refractivity contribution in [3.63, 3.8) is 0 Å². The van der Waals surface area contributed by atoms with Crippen LogP contribution < -0.4 is 0 Å². The predicted molar refractivity (Wildman–Crippen MR) is 363 cm³/mol. The third kappa shape index (κ3) is 12.1. The van der Waals surface area contributed by atoms with Gasteiger partial charge in [-0.05, 0) is 140 Å². The van der Waals surface area contributed by atoms with Gasteiger partial charge in [-0.15, -0.1) is 12.8 Å². The average Bonchev–Trinajstić information content (AvgIpc) is 1.67. The van der Waals surface area contributed by atoms with Crippen LogP contribution >= 0.6 is 0 Å². The number of benzene rings is 9. The largest absolute Gasteiger partial charge is 0.289 e. The summed E-state index contributed by atoms with van der Waals surface area (Å²) in [4.78, 5) is 30.4. The Bertz CT molecular complexity index is 4680. The molecule has 0 fully saturated rings. The molecule has 0 aliphatic heterocycles. The maximum atomic E-state index is 15.2. The number of rotatable bonds is 14. The monoisotopic (exact) mass is 1110 g/mol. The molecule has 0 saturated heterocycles. The molecule has 2 heteroatoms. The normalized spacial score (nSPS) is 13.2. The minimum absolute atomic E-state index is 0.0719. The van der Waals surface area contributed by atoms with Crippen LogP contribution in [0.1, 0.15) is 68.1 Å². The number of hydrogen-bond donors (Lipinski definition) is 0. The van der Waals surface area contributed by atoms with Gasteiger partial charge in [0, 0.05) is 78.0 Å². The Morgan fingerprint density at radius 2 is 0.759 bits per heavy atom. The lowest BCUT2D eigenvalue weighted by Crippen LogP contribution is -2.03. The van der Waals surface area contributed by atoms with E-state index in [1.165, 1.54) is 0 Å². The zero-order valence-corrected chi connectivity index (χ0v) is 48.1. The molecule has 0 heterocycles. The Kier molecular flexibility index (Phi) is 17.0. The van der Waals surface area contributed by atoms with Crippen LogP contribution in [0.25, 0.3) is 61.3 Å². The number of Topliss-reactive ketones (excluding diaryl/α,β-unsaturated/α-hetero) is 2. The lowest BCUT2D eigenvalue weighted by molar-refractivity contribution is -0.110. The minimum Gasteiger partial charge on any atom is -0.289 e. The third-order valence-electron chi connectivity index (χ3n) is 15.4. The van der Waals surface area contributed by atoms with Gasteiger partial charge in [-0.3, -0.25) is 9.59 Å². The molecule has 0 N–H and O–H groups in total. The number of carbonyl (C=O) groups excluding carboxylic acids is 2. The van der Waals surface area contributed by atoms with Gasteiger partial charge in [-0.2, -0.15) is 0 Å². The van der Waals surface area contributed by atoms with Crippen molar-refractivity contribution in [3.8, 4) is 70.6 Å². The van der Waals surface area contributed by atoms with E-state index in [9.17, 15) is 0 Å². The van der Waals surface area contributed by atoms with Gasteiger partial charge in [0.25, 0.3) is 0 Å². The number of terminal acetylenes is 2. The summed E-state index contributed by atoms with van der Waals surface area (Å²) in [7, 11) is 0. The smallest absolute Gasteiger partial charge is 0.195 e. The number of carbonyl (C=O) groups is 2. The van der Waals surface area contributed by atoms with Gasteiger partial charge in [0.05, 0.1) is 0 Å². The van der Waals surface area contributed by atoms with E-state index in [0.29, 0.717) is 33.4 Å². The number of hydrogen-bond acceptors (Lipinski definition) is 2. The Morgan fingerprint density at radius 1 is 0.379 bits per heavy atom. The van der Waals surface area contributed by atoms with Gasteiger partial charge in [-0.25, -0.2) is 0 Å². The fraction of sp³-hybridized carbons (Fsp3) is 0.0118. The Labute approximate surface area is 511 Å². The van der Waals surface area contributed by atoms with E-state index in [2.05, 4.69) is 128 Å². The summed E-state index contributed by atoms with van der Waals surface area (Å²) in [5, 5.41) is 0. The fourth-order valence-electron chi connectivity index (χ4n) is 11.0. The zero-order chi connectivity index (χ0) is 60.2. The van der Waals surface area contributed by atoms with Gasteiger partial charge in [0.1, 0.15) is 0 Å². The first-order valence-electron chi connectivity index (χ1n) is 28.5. The molecule has 0 bridgehead atoms. The molecule has 0 spiro atoms. The van der Waals surface area contributed by atoms with Gasteiger partial charge in [-0.1, -0.05) is 262 Å². The molecule has 0 radical (unpaired) electrons. The zero-order valence-electron chi connectivity index (χ0n) is 48.1. The molecule has 0 aromatic heterocycles. The van der Waals surface area contributed by atoms with E-state index >= 15 is 9.59 Å². The van der Waals surface area contributed by atoms with Crippen LogP contribution in [-0.2, 0) is 9.59 Å². The van der Waals surface area contributed by atoms with Crippen molar-refractivity contribution in [2.45, 2.75) is 6.92 Å². The Morgan fingerprint density at radius 3 is 1.22 bits per heavy atom. The van der Waals surface area contributed by atoms with Crippen molar-refractivity contribution < 1.29 is 9.59 Å². The highest BCUT2D eigenvalue weighted by molar-refractivity contribution is 6.59. The maximum absolute atomic E-state index is 15.2. The van der Waals surface area contributed by atoms with Crippen molar-refractivity contribution in [1.82, 2.24) is 0 Å². The summed E-state index contributed by atoms with van der Waals surface area (Å²) in [6.07, 6.45) is 22.4. The van der Waals surface area contributed by atoms with Crippen molar-refractivity contribution in [2.24, 2.45) is 0 Å². The molecule has 2 nitrogen and oxygen atoms in total. The predicted octanol–water partition coefficient (Wildman–Crippen LogP) is 18.8. The van der Waals surface area contributed by atoms with E-state index < -0.39 is 0 Å². The summed E-state index contributed by atoms with van der Waals surface area (Å²) in [5.74, 6) is 18.2. The Balaban J connectivity index is 0.970. The molecule has 11 rings (SSSR count). The summed E-state index contributed by atoms with van der Waals surface area (Å²) < 4.78 is 0. The number of ketones is 2. The van der Waals surface area contributed by atoms with Crippen molar-refractivity contribution >= 4 is 50.6 Å². The fourth-order valence-corrected chi connectivity index (χ4v) is 11.0. The topological polar surface area (TPSA) is 34.1 Å². The van der Waals surface area contributed by atoms with Gasteiger partial charge < -0.3 is 0 Å². The van der Waals surface area contributed by atoms with Crippen molar-refractivity contribution in [1.29, 1.82) is 0 Å². The second kappa shape index (κ2) is 26.0. The van der Waals surface area contributed by atoms with E-state index in [-0.39, 0.29) is 11.6 Å². The molecular weight excluding hydrogens is 1050 g/mol. The highest BCUT2D eigenvalue weighted by atomic mass is 16.1. The van der Waals surface area contributed by atoms with Crippen molar-refractivity contribution in [3.05, 3.63) is 376 Å². The highest BCUT2D eigenvalue weighted by Gasteiger charge is 2.37. The molecule has 0 unspecified atom stereocenters. The van der Waals surface area contributed by atoms with E-state index in [4.69, 9.17) is 12.8 Å². The van der Waals surface area contributed by atoms with E-state index in [1.54, 1.807) is 12.2 Å². The molecule has 0 saturated carbocycles. The summed E-state index contributed by atoms with van der Waals surface area (Å²) in [5.41, 5.74) is 20.8. The highest BCUT2D eigenvalue weighted by Crippen LogP contribution is 2.51. The van der Waals surface area contributed by atoms with Crippen molar-refractivity contribution in [2.75, 3.05) is 0 Å². The lowest BCUT2D eigenvalue weighted by atomic mass is 9.87. The van der Waals surface area contributed by atoms with Crippen LogP contribution in [0.2, 0.25) is 0 Å².